The molecule has 0 bridgehead atoms. The third-order valence-electron chi connectivity index (χ3n) is 3.84. The molecule has 0 aliphatic rings. The van der Waals surface area contributed by atoms with Crippen LogP contribution in [0.15, 0.2) is 61.2 Å². The first-order valence-corrected chi connectivity index (χ1v) is 9.12. The molecule has 2 heterocycles. The third kappa shape index (κ3) is 3.44. The van der Waals surface area contributed by atoms with Crippen LogP contribution in [0.5, 0.6) is 0 Å². The second-order valence-electron chi connectivity index (χ2n) is 5.64. The highest BCUT2D eigenvalue weighted by atomic mass is 35.5. The second kappa shape index (κ2) is 7.23. The molecule has 0 saturated heterocycles. The predicted molar refractivity (Wildman–Crippen MR) is 102 cm³/mol. The Hall–Kier alpha value is -2.77. The van der Waals surface area contributed by atoms with Crippen LogP contribution in [0, 0.1) is 0 Å². The molecular weight excluding hydrogens is 370 g/mol. The third-order valence-corrected chi connectivity index (χ3v) is 5.19. The molecule has 4 aromatic rings. The molecule has 6 nitrogen and oxygen atoms in total. The zero-order valence-corrected chi connectivity index (χ0v) is 15.2. The fourth-order valence-electron chi connectivity index (χ4n) is 2.59. The van der Waals surface area contributed by atoms with E-state index < -0.39 is 0 Å². The number of hydrogen-bond donors (Lipinski definition) is 0. The monoisotopic (exact) mass is 383 g/mol. The van der Waals surface area contributed by atoms with Crippen molar-refractivity contribution in [3.63, 3.8) is 0 Å². The Morgan fingerprint density at radius 1 is 1.15 bits per heavy atom. The summed E-state index contributed by atoms with van der Waals surface area (Å²) in [6.45, 7) is 0.516. The molecular formula is C18H14ClN5OS. The van der Waals surface area contributed by atoms with Crippen LogP contribution in [-0.4, -0.2) is 25.7 Å². The van der Waals surface area contributed by atoms with Gasteiger partial charge in [-0.05, 0) is 17.7 Å². The van der Waals surface area contributed by atoms with Crippen molar-refractivity contribution in [2.45, 2.75) is 13.1 Å². The lowest BCUT2D eigenvalue weighted by atomic mass is 10.2. The van der Waals surface area contributed by atoms with Gasteiger partial charge in [-0.15, -0.1) is 0 Å². The van der Waals surface area contributed by atoms with Crippen LogP contribution in [0.1, 0.15) is 5.56 Å². The van der Waals surface area contributed by atoms with Crippen LogP contribution >= 0.6 is 22.9 Å². The number of benzene rings is 2. The summed E-state index contributed by atoms with van der Waals surface area (Å²) in [6, 6.07) is 15.4. The molecule has 0 N–H and O–H groups in total. The van der Waals surface area contributed by atoms with Crippen molar-refractivity contribution in [3.05, 3.63) is 71.8 Å². The molecule has 0 atom stereocenters. The first-order valence-electron chi connectivity index (χ1n) is 7.92. The molecule has 130 valence electrons. The van der Waals surface area contributed by atoms with Gasteiger partial charge in [-0.3, -0.25) is 9.69 Å². The number of para-hydroxylation sites is 1. The Morgan fingerprint density at radius 2 is 2.00 bits per heavy atom. The average molecular weight is 384 g/mol. The molecule has 0 aliphatic heterocycles. The highest BCUT2D eigenvalue weighted by Crippen LogP contribution is 2.33. The molecule has 0 aliphatic carbocycles. The first kappa shape index (κ1) is 16.7. The van der Waals surface area contributed by atoms with Crippen LogP contribution in [0.2, 0.25) is 5.02 Å². The van der Waals surface area contributed by atoms with Crippen molar-refractivity contribution in [3.8, 4) is 0 Å². The Bertz CT molecular complexity index is 1030. The normalized spacial score (nSPS) is 11.0. The number of halogens is 1. The zero-order chi connectivity index (χ0) is 17.9. The maximum atomic E-state index is 12.9. The van der Waals surface area contributed by atoms with E-state index in [-0.39, 0.29) is 12.5 Å². The minimum Gasteiger partial charge on any atom is -0.282 e. The number of rotatable bonds is 5. The number of aromatic nitrogens is 4. The number of thiazole rings is 1. The molecule has 0 saturated carbocycles. The minimum atomic E-state index is -0.116. The van der Waals surface area contributed by atoms with E-state index in [1.54, 1.807) is 11.0 Å². The lowest BCUT2D eigenvalue weighted by Gasteiger charge is -2.20. The number of amides is 1. The van der Waals surface area contributed by atoms with Gasteiger partial charge in [-0.25, -0.2) is 14.6 Å². The van der Waals surface area contributed by atoms with Crippen LogP contribution in [0.4, 0.5) is 5.13 Å². The van der Waals surface area contributed by atoms with Gasteiger partial charge in [-0.1, -0.05) is 59.3 Å². The van der Waals surface area contributed by atoms with E-state index in [1.807, 2.05) is 42.5 Å². The number of fused-ring (bicyclic) bond motifs is 1. The molecule has 1 amide bonds. The smallest absolute Gasteiger partial charge is 0.250 e. The second-order valence-corrected chi connectivity index (χ2v) is 7.06. The average Bonchev–Trinajstić information content (AvgIpc) is 3.30. The number of nitrogens with zero attached hydrogens (tertiary/aromatic N) is 5. The van der Waals surface area contributed by atoms with Gasteiger partial charge in [0.15, 0.2) is 5.13 Å². The van der Waals surface area contributed by atoms with Gasteiger partial charge in [-0.2, -0.15) is 5.10 Å². The van der Waals surface area contributed by atoms with Gasteiger partial charge in [0.05, 0.1) is 16.3 Å². The van der Waals surface area contributed by atoms with Crippen molar-refractivity contribution in [1.82, 2.24) is 19.7 Å². The zero-order valence-electron chi connectivity index (χ0n) is 13.6. The number of anilines is 1. The van der Waals surface area contributed by atoms with E-state index in [1.165, 1.54) is 28.7 Å². The number of carbonyl (C=O) groups is 1. The fraction of sp³-hybridized carbons (Fsp3) is 0.111. The van der Waals surface area contributed by atoms with Gasteiger partial charge >= 0.3 is 0 Å². The summed E-state index contributed by atoms with van der Waals surface area (Å²) < 4.78 is 2.44. The Labute approximate surface area is 158 Å². The van der Waals surface area contributed by atoms with Crippen molar-refractivity contribution in [1.29, 1.82) is 0 Å². The molecule has 8 heteroatoms. The molecule has 0 unspecified atom stereocenters. The summed E-state index contributed by atoms with van der Waals surface area (Å²) in [4.78, 5) is 23.1. The first-order chi connectivity index (χ1) is 12.7. The summed E-state index contributed by atoms with van der Waals surface area (Å²) in [6.07, 6.45) is 2.93. The Morgan fingerprint density at radius 3 is 2.73 bits per heavy atom. The SMILES string of the molecule is O=C(Cn1cncn1)N(Cc1ccccc1)c1nc2c(Cl)cccc2s1. The Kier molecular flexibility index (Phi) is 4.64. The van der Waals surface area contributed by atoms with Gasteiger partial charge in [0.2, 0.25) is 0 Å². The number of hydrogen-bond acceptors (Lipinski definition) is 5. The predicted octanol–water partition coefficient (Wildman–Crippen LogP) is 3.77. The van der Waals surface area contributed by atoms with Crippen molar-refractivity contribution < 1.29 is 4.79 Å². The van der Waals surface area contributed by atoms with E-state index in [4.69, 9.17) is 11.6 Å². The largest absolute Gasteiger partial charge is 0.282 e. The fourth-order valence-corrected chi connectivity index (χ4v) is 3.87. The molecule has 0 fully saturated rings. The van der Waals surface area contributed by atoms with Crippen LogP contribution in [-0.2, 0) is 17.9 Å². The molecule has 26 heavy (non-hydrogen) atoms. The van der Waals surface area contributed by atoms with Crippen molar-refractivity contribution in [2.75, 3.05) is 4.90 Å². The lowest BCUT2D eigenvalue weighted by Crippen LogP contribution is -2.33. The van der Waals surface area contributed by atoms with Crippen molar-refractivity contribution in [2.24, 2.45) is 0 Å². The van der Waals surface area contributed by atoms with E-state index in [0.717, 1.165) is 10.3 Å². The summed E-state index contributed by atoms with van der Waals surface area (Å²) >= 11 is 7.69. The topological polar surface area (TPSA) is 63.9 Å². The summed E-state index contributed by atoms with van der Waals surface area (Å²) in [5.74, 6) is -0.116. The van der Waals surface area contributed by atoms with Gasteiger partial charge in [0.25, 0.3) is 5.91 Å². The molecule has 2 aromatic carbocycles. The molecule has 4 rings (SSSR count). The lowest BCUT2D eigenvalue weighted by molar-refractivity contribution is -0.119. The summed E-state index contributed by atoms with van der Waals surface area (Å²) in [7, 11) is 0. The van der Waals surface area contributed by atoms with Gasteiger partial charge < -0.3 is 0 Å². The molecule has 0 radical (unpaired) electrons. The van der Waals surface area contributed by atoms with E-state index >= 15 is 0 Å². The van der Waals surface area contributed by atoms with E-state index in [0.29, 0.717) is 22.2 Å². The van der Waals surface area contributed by atoms with E-state index in [2.05, 4.69) is 15.1 Å². The number of carbonyl (C=O) groups excluding carboxylic acids is 1. The minimum absolute atomic E-state index is 0.0937. The van der Waals surface area contributed by atoms with Crippen LogP contribution in [0.3, 0.4) is 0 Å². The van der Waals surface area contributed by atoms with Gasteiger partial charge in [0.1, 0.15) is 24.7 Å². The quantitative estimate of drug-likeness (QED) is 0.526. The van der Waals surface area contributed by atoms with Gasteiger partial charge in [0, 0.05) is 0 Å². The van der Waals surface area contributed by atoms with Crippen LogP contribution < -0.4 is 4.90 Å². The standard InChI is InChI=1S/C18H14ClN5OS/c19-14-7-4-8-15-17(14)22-18(26-15)24(9-13-5-2-1-3-6-13)16(25)10-23-12-20-11-21-23/h1-8,11-12H,9-10H2. The highest BCUT2D eigenvalue weighted by molar-refractivity contribution is 7.22. The Balaban J connectivity index is 1.70. The van der Waals surface area contributed by atoms with Crippen molar-refractivity contribution >= 4 is 44.2 Å². The van der Waals surface area contributed by atoms with E-state index in [9.17, 15) is 4.79 Å². The van der Waals surface area contributed by atoms with Crippen LogP contribution in [0.25, 0.3) is 10.2 Å². The summed E-state index contributed by atoms with van der Waals surface area (Å²) in [5, 5.41) is 5.21. The highest BCUT2D eigenvalue weighted by Gasteiger charge is 2.21. The maximum Gasteiger partial charge on any atom is 0.250 e. The molecule has 2 aromatic heterocycles. The summed E-state index contributed by atoms with van der Waals surface area (Å²) in [5.41, 5.74) is 1.73. The maximum absolute atomic E-state index is 12.9. The molecule has 0 spiro atoms.